The molecule has 0 atom stereocenters. The molecule has 8 heterocycles. The third-order valence-corrected chi connectivity index (χ3v) is 24.5. The van der Waals surface area contributed by atoms with Gasteiger partial charge in [-0.3, -0.25) is 0 Å². The summed E-state index contributed by atoms with van der Waals surface area (Å²) in [7, 11) is -6.79. The second-order valence-corrected chi connectivity index (χ2v) is 31.9. The summed E-state index contributed by atoms with van der Waals surface area (Å²) in [5, 5.41) is 8.65. The minimum absolute atomic E-state index is 0. The van der Waals surface area contributed by atoms with Crippen molar-refractivity contribution in [1.82, 2.24) is 19.9 Å². The van der Waals surface area contributed by atoms with Crippen LogP contribution in [0.1, 0.15) is 16.4 Å². The van der Waals surface area contributed by atoms with Crippen LogP contribution in [-0.2, 0) is 61.8 Å². The van der Waals surface area contributed by atoms with E-state index in [0.29, 0.717) is 79.9 Å². The van der Waals surface area contributed by atoms with Crippen LogP contribution in [0.3, 0.4) is 0 Å². The summed E-state index contributed by atoms with van der Waals surface area (Å²) < 4.78 is 148. The van der Waals surface area contributed by atoms with Crippen molar-refractivity contribution >= 4 is 111 Å². The summed E-state index contributed by atoms with van der Waals surface area (Å²) in [5.41, 5.74) is 18.1. The van der Waals surface area contributed by atoms with Gasteiger partial charge >= 0.3 is 42.1 Å². The molecule has 14 aromatic carbocycles. The van der Waals surface area contributed by atoms with Crippen molar-refractivity contribution in [3.8, 4) is 66.8 Å². The number of para-hydroxylation sites is 8. The Bertz CT molecular complexity index is 6500. The number of fused-ring (bicyclic) bond motifs is 8. The number of sulfone groups is 2. The number of hydrogen-bond donors (Lipinski definition) is 0. The molecule has 6 aliphatic rings. The van der Waals surface area contributed by atoms with Crippen LogP contribution in [0, 0.1) is 38.8 Å². The van der Waals surface area contributed by atoms with Gasteiger partial charge in [-0.25, -0.2) is 36.8 Å². The molecule has 16 aromatic rings. The monoisotopic (exact) mass is 2000 g/mol. The van der Waals surface area contributed by atoms with E-state index < -0.39 is 47.6 Å². The maximum Gasteiger partial charge on any atom is 4.00 e. The fraction of sp³-hybridized carbons (Fsp3) is 0.0400. The molecule has 0 unspecified atom stereocenters. The largest absolute Gasteiger partial charge is 4.00 e. The third kappa shape index (κ3) is 15.3. The molecule has 6 aliphatic heterocycles. The van der Waals surface area contributed by atoms with Crippen LogP contribution in [0.25, 0.3) is 77.4 Å². The van der Waals surface area contributed by atoms with Crippen molar-refractivity contribution < 1.29 is 75.4 Å². The molecule has 122 heavy (non-hydrogen) atoms. The molecule has 0 amide bonds. The van der Waals surface area contributed by atoms with E-state index in [1.807, 2.05) is 174 Å². The zero-order valence-corrected chi connectivity index (χ0v) is 70.3. The molecule has 0 saturated heterocycles. The smallest absolute Gasteiger partial charge is 0.656 e. The summed E-state index contributed by atoms with van der Waals surface area (Å²) >= 11 is 0. The molecule has 0 spiro atoms. The van der Waals surface area contributed by atoms with Crippen molar-refractivity contribution in [3.63, 3.8) is 0 Å². The van der Waals surface area contributed by atoms with Gasteiger partial charge in [-0.15, -0.1) is 106 Å². The summed E-state index contributed by atoms with van der Waals surface area (Å²) in [5.74, 6) is 0.940. The standard InChI is InChI=1S/C40H31N4.C36H27N8.2C12H8NO2S.2Pt/c1-41-27-43(38-22-11-9-20-36(38)41)32-24-31(25-33(26-32)44-28-42(2)37-21-10-12-23-39(37)44)40-34(29-14-5-3-6-15-29)18-13-19-35(40)30-16-7-4-8-17-30;1-41-23-43(35-33(41)37-16-18-39-35)28-20-27(21-29(22-28)44-24-42(2)34-36(44)40-19-17-38-34)32-30(25-10-5-3-6-11-25)14-9-15-31(32)26-12-7-4-8-13-26;2*14-16(15)11-7-3-1-5-9(11)13-10-6-2-4-8-12(10)16;;/h3-25,27-28H,1-2H3;3-21,23-24H,1-2H3;2*1-8H;;/q2*-3;2*-1;2*+4/i2*1D3,2D3;;;;. The number of nitrogens with zero attached hydrogens (tertiary/aromatic N) is 14. The quantitative estimate of drug-likeness (QED) is 0.118. The van der Waals surface area contributed by atoms with E-state index in [1.54, 1.807) is 132 Å². The molecule has 0 fully saturated rings. The van der Waals surface area contributed by atoms with Crippen LogP contribution in [-0.4, -0.2) is 64.7 Å². The van der Waals surface area contributed by atoms with Crippen LogP contribution in [0.5, 0.6) is 0 Å². The number of anilines is 12. The number of benzene rings is 14. The topological polar surface area (TPSA) is 174 Å². The fourth-order valence-electron chi connectivity index (χ4n) is 15.4. The van der Waals surface area contributed by atoms with Gasteiger partial charge < -0.3 is 49.8 Å². The van der Waals surface area contributed by atoms with E-state index >= 15 is 0 Å². The van der Waals surface area contributed by atoms with Gasteiger partial charge in [0.1, 0.15) is 23.3 Å². The molecule has 600 valence electrons. The van der Waals surface area contributed by atoms with Crippen LogP contribution in [0.2, 0.25) is 0 Å². The molecular weight excluding hydrogens is 1920 g/mol. The van der Waals surface area contributed by atoms with Gasteiger partial charge in [0.05, 0.1) is 19.6 Å². The van der Waals surface area contributed by atoms with Gasteiger partial charge in [0.2, 0.25) is 19.7 Å². The summed E-state index contributed by atoms with van der Waals surface area (Å²) in [6, 6.07) is 110. The molecule has 0 bridgehead atoms. The van der Waals surface area contributed by atoms with E-state index in [9.17, 15) is 16.8 Å². The molecule has 22 rings (SSSR count). The van der Waals surface area contributed by atoms with E-state index in [4.69, 9.17) is 16.4 Å². The molecule has 2 aromatic heterocycles. The number of hydrogen-bond acceptors (Lipinski definition) is 16. The van der Waals surface area contributed by atoms with Gasteiger partial charge in [0.15, 0.2) is 0 Å². The van der Waals surface area contributed by atoms with Gasteiger partial charge in [0, 0.05) is 64.0 Å². The fourth-order valence-corrected chi connectivity index (χ4v) is 18.4. The molecule has 0 saturated carbocycles. The van der Waals surface area contributed by atoms with Crippen molar-refractivity contribution in [3.05, 3.63) is 402 Å². The predicted molar refractivity (Wildman–Crippen MR) is 482 cm³/mol. The zero-order chi connectivity index (χ0) is 91.6. The maximum absolute atomic E-state index is 12.2. The predicted octanol–water partition coefficient (Wildman–Crippen LogP) is 23.7. The van der Waals surface area contributed by atoms with Crippen LogP contribution in [0.4, 0.5) is 91.5 Å². The van der Waals surface area contributed by atoms with Gasteiger partial charge in [0.25, 0.3) is 0 Å². The Morgan fingerprint density at radius 1 is 0.279 bits per heavy atom. The molecule has 0 N–H and O–H groups in total. The Morgan fingerprint density at radius 3 is 0.836 bits per heavy atom. The van der Waals surface area contributed by atoms with Crippen LogP contribution >= 0.6 is 0 Å². The first-order valence-electron chi connectivity index (χ1n) is 44.0. The Balaban J connectivity index is 0.000000139. The Hall–Kier alpha value is -13.5. The van der Waals surface area contributed by atoms with Crippen LogP contribution in [0.15, 0.2) is 372 Å². The third-order valence-electron chi connectivity index (χ3n) is 20.8. The van der Waals surface area contributed by atoms with Crippen LogP contribution < -0.4 is 39.2 Å². The molecule has 0 aliphatic carbocycles. The summed E-state index contributed by atoms with van der Waals surface area (Å²) in [6.07, 6.45) is 5.89. The molecule has 18 nitrogen and oxygen atoms in total. The molecular formula is C100H74N14O4Pt2S2. The first-order chi connectivity index (χ1) is 63.5. The first-order valence-corrected chi connectivity index (χ1v) is 41.0. The summed E-state index contributed by atoms with van der Waals surface area (Å²) in [4.78, 5) is 30.6. The van der Waals surface area contributed by atoms with E-state index in [1.165, 1.54) is 47.9 Å². The van der Waals surface area contributed by atoms with Gasteiger partial charge in [-0.2, -0.15) is 13.3 Å². The maximum atomic E-state index is 12.2. The summed E-state index contributed by atoms with van der Waals surface area (Å²) in [6.45, 7) is -3.87. The SMILES string of the molecule is O=S1(=O)c2ccccc2[N-]c2ccccc21.O=S1(=O)c2ccccc2[N-]c2ccccc21.[2H]C([2H])([2H])N1[CH-]N(c2[c-]c(N3[CH-]N(C([2H])([2H])[2H])c4ccccc43)cc(-c3c(-c4ccccc4)cccc3-c3ccccc3)c2)c2ccccc21.[2H]C([2H])([2H])N1[CH-]N(c2[c-]c(N3[CH-]N(C([2H])([2H])[2H])c4nccnc43)cc(-c3c(-c4ccccc4)cccc3-c3ccccc3)c2)c2nccnc21.[Pt+4].[Pt+4]. The zero-order valence-electron chi connectivity index (χ0n) is 76.1. The second-order valence-electron chi connectivity index (χ2n) is 28.1. The number of rotatable bonds is 10. The average molecular weight is 2000 g/mol. The van der Waals surface area contributed by atoms with Crippen molar-refractivity contribution in [1.29, 1.82) is 0 Å². The van der Waals surface area contributed by atoms with Crippen molar-refractivity contribution in [2.24, 2.45) is 0 Å². The Labute approximate surface area is 756 Å². The molecule has 22 heteroatoms. The average Bonchev–Trinajstić information content (AvgIpc) is 1.46. The Kier molecular flexibility index (Phi) is 18.9. The molecule has 0 radical (unpaired) electrons. The van der Waals surface area contributed by atoms with E-state index in [2.05, 4.69) is 97.3 Å². The van der Waals surface area contributed by atoms with Crippen molar-refractivity contribution in [2.45, 2.75) is 19.6 Å². The Morgan fingerprint density at radius 2 is 0.533 bits per heavy atom. The van der Waals surface area contributed by atoms with E-state index in [-0.39, 0.29) is 73.3 Å². The number of aromatic nitrogens is 4. The second kappa shape index (κ2) is 34.3. The minimum Gasteiger partial charge on any atom is -0.656 e. The first kappa shape index (κ1) is 67.3. The minimum atomic E-state index is -3.40. The van der Waals surface area contributed by atoms with E-state index in [0.717, 1.165) is 76.6 Å². The van der Waals surface area contributed by atoms with Crippen molar-refractivity contribution in [2.75, 3.05) is 67.1 Å². The van der Waals surface area contributed by atoms with Gasteiger partial charge in [-0.05, 0) is 132 Å². The normalized spacial score (nSPS) is 15.9. The van der Waals surface area contributed by atoms with Gasteiger partial charge in [-0.1, -0.05) is 255 Å².